The molecule has 2 atom stereocenters. The Bertz CT molecular complexity index is 441. The standard InChI is InChI=1S/C6H4N2O7/c9-4-2-5(8(13)14)6(10,15-5)1-3(4)7(11)12/h1-2,9-10H. The van der Waals surface area contributed by atoms with E-state index in [2.05, 4.69) is 4.74 Å². The summed E-state index contributed by atoms with van der Waals surface area (Å²) in [6, 6.07) is 0. The summed E-state index contributed by atoms with van der Waals surface area (Å²) in [6.07, 6.45) is 1.01. The molecule has 0 aromatic carbocycles. The highest BCUT2D eigenvalue weighted by Gasteiger charge is 2.82. The van der Waals surface area contributed by atoms with E-state index in [1.54, 1.807) is 0 Å². The van der Waals surface area contributed by atoms with Crippen molar-refractivity contribution in [1.82, 2.24) is 0 Å². The molecule has 1 fully saturated rings. The van der Waals surface area contributed by atoms with Gasteiger partial charge in [-0.15, -0.1) is 0 Å². The molecule has 0 bridgehead atoms. The summed E-state index contributed by atoms with van der Waals surface area (Å²) in [6.45, 7) is 0. The maximum absolute atomic E-state index is 10.5. The molecule has 15 heavy (non-hydrogen) atoms. The molecule has 0 saturated carbocycles. The average Bonchev–Trinajstić information content (AvgIpc) is 2.70. The van der Waals surface area contributed by atoms with Crippen LogP contribution in [0.25, 0.3) is 0 Å². The quantitative estimate of drug-likeness (QED) is 0.353. The van der Waals surface area contributed by atoms with Crippen molar-refractivity contribution in [1.29, 1.82) is 0 Å². The molecule has 1 aliphatic carbocycles. The molecule has 1 heterocycles. The van der Waals surface area contributed by atoms with E-state index in [-0.39, 0.29) is 0 Å². The van der Waals surface area contributed by atoms with Gasteiger partial charge in [0.2, 0.25) is 0 Å². The van der Waals surface area contributed by atoms with Crippen LogP contribution in [-0.2, 0) is 4.74 Å². The van der Waals surface area contributed by atoms with E-state index in [0.29, 0.717) is 12.2 Å². The minimum absolute atomic E-state index is 0.505. The number of ether oxygens (including phenoxy) is 1. The van der Waals surface area contributed by atoms with Crippen molar-refractivity contribution in [3.63, 3.8) is 0 Å². The molecule has 0 spiro atoms. The largest absolute Gasteiger partial charge is 0.502 e. The minimum Gasteiger partial charge on any atom is -0.502 e. The van der Waals surface area contributed by atoms with Crippen molar-refractivity contribution >= 4 is 0 Å². The molecule has 2 rings (SSSR count). The first kappa shape index (κ1) is 9.55. The Morgan fingerprint density at radius 2 is 1.93 bits per heavy atom. The van der Waals surface area contributed by atoms with Crippen molar-refractivity contribution in [2.75, 3.05) is 0 Å². The number of aliphatic hydroxyl groups is 2. The molecular weight excluding hydrogens is 212 g/mol. The van der Waals surface area contributed by atoms with Crippen LogP contribution < -0.4 is 0 Å². The van der Waals surface area contributed by atoms with E-state index < -0.39 is 32.8 Å². The number of aliphatic hydroxyl groups excluding tert-OH is 1. The van der Waals surface area contributed by atoms with Gasteiger partial charge < -0.3 is 10.2 Å². The Kier molecular flexibility index (Phi) is 1.48. The molecule has 1 saturated heterocycles. The van der Waals surface area contributed by atoms with Gasteiger partial charge in [0.15, 0.2) is 5.76 Å². The first-order valence-electron chi connectivity index (χ1n) is 3.69. The van der Waals surface area contributed by atoms with Crippen LogP contribution >= 0.6 is 0 Å². The van der Waals surface area contributed by atoms with E-state index in [1.165, 1.54) is 0 Å². The smallest absolute Gasteiger partial charge is 0.409 e. The van der Waals surface area contributed by atoms with Gasteiger partial charge in [-0.3, -0.25) is 25.0 Å². The zero-order valence-corrected chi connectivity index (χ0v) is 6.98. The van der Waals surface area contributed by atoms with E-state index >= 15 is 0 Å². The Balaban J connectivity index is 2.48. The molecule has 80 valence electrons. The molecule has 2 N–H and O–H groups in total. The lowest BCUT2D eigenvalue weighted by molar-refractivity contribution is -0.552. The Labute approximate surface area is 81.2 Å². The first-order chi connectivity index (χ1) is 6.82. The molecule has 1 aliphatic heterocycles. The minimum atomic E-state index is -2.34. The summed E-state index contributed by atoms with van der Waals surface area (Å²) in [5, 5.41) is 39.4. The third-order valence-corrected chi connectivity index (χ3v) is 2.18. The highest BCUT2D eigenvalue weighted by Crippen LogP contribution is 2.52. The highest BCUT2D eigenvalue weighted by molar-refractivity contribution is 5.37. The first-order valence-corrected chi connectivity index (χ1v) is 3.69. The van der Waals surface area contributed by atoms with Crippen LogP contribution in [0.1, 0.15) is 0 Å². The number of rotatable bonds is 2. The Morgan fingerprint density at radius 3 is 2.40 bits per heavy atom. The monoisotopic (exact) mass is 216 g/mol. The molecular formula is C6H4N2O7. The van der Waals surface area contributed by atoms with E-state index in [0.717, 1.165) is 0 Å². The van der Waals surface area contributed by atoms with Gasteiger partial charge in [-0.25, -0.2) is 0 Å². The molecule has 0 aromatic rings. The van der Waals surface area contributed by atoms with Crippen molar-refractivity contribution in [2.24, 2.45) is 0 Å². The van der Waals surface area contributed by atoms with Crippen LogP contribution in [0.4, 0.5) is 0 Å². The fourth-order valence-corrected chi connectivity index (χ4v) is 1.36. The third-order valence-electron chi connectivity index (χ3n) is 2.18. The maximum atomic E-state index is 10.5. The molecule has 0 radical (unpaired) electrons. The predicted octanol–water partition coefficient (Wildman–Crippen LogP) is -0.706. The van der Waals surface area contributed by atoms with Gasteiger partial charge >= 0.3 is 17.2 Å². The van der Waals surface area contributed by atoms with Crippen molar-refractivity contribution in [2.45, 2.75) is 11.5 Å². The summed E-state index contributed by atoms with van der Waals surface area (Å²) in [4.78, 5) is 18.9. The van der Waals surface area contributed by atoms with Gasteiger partial charge in [0, 0.05) is 0 Å². The van der Waals surface area contributed by atoms with E-state index in [9.17, 15) is 25.3 Å². The van der Waals surface area contributed by atoms with Crippen molar-refractivity contribution in [3.8, 4) is 0 Å². The fraction of sp³-hybridized carbons (Fsp3) is 0.333. The Hall–Kier alpha value is -2.00. The van der Waals surface area contributed by atoms with Crippen molar-refractivity contribution in [3.05, 3.63) is 43.8 Å². The number of nitrogens with zero attached hydrogens (tertiary/aromatic N) is 2. The van der Waals surface area contributed by atoms with Gasteiger partial charge in [0.05, 0.1) is 22.0 Å². The lowest BCUT2D eigenvalue weighted by Gasteiger charge is -2.07. The number of hydrogen-bond acceptors (Lipinski definition) is 7. The maximum Gasteiger partial charge on any atom is 0.409 e. The summed E-state index contributed by atoms with van der Waals surface area (Å²) in [5.41, 5.74) is -3.12. The van der Waals surface area contributed by atoms with E-state index in [1.807, 2.05) is 0 Å². The molecule has 9 nitrogen and oxygen atoms in total. The van der Waals surface area contributed by atoms with Gasteiger partial charge in [-0.1, -0.05) is 0 Å². The van der Waals surface area contributed by atoms with Gasteiger partial charge in [-0.2, -0.15) is 0 Å². The lowest BCUT2D eigenvalue weighted by Crippen LogP contribution is -2.34. The molecule has 9 heteroatoms. The summed E-state index contributed by atoms with van der Waals surface area (Å²) >= 11 is 0. The van der Waals surface area contributed by atoms with Crippen molar-refractivity contribution < 1.29 is 24.8 Å². The number of epoxide rings is 1. The van der Waals surface area contributed by atoms with E-state index in [4.69, 9.17) is 5.11 Å². The number of hydrogen-bond donors (Lipinski definition) is 2. The zero-order chi connectivity index (χ0) is 11.4. The zero-order valence-electron chi connectivity index (χ0n) is 6.98. The van der Waals surface area contributed by atoms with Crippen LogP contribution in [0, 0.1) is 20.2 Å². The van der Waals surface area contributed by atoms with Gasteiger partial charge in [0.1, 0.15) is 0 Å². The summed E-state index contributed by atoms with van der Waals surface area (Å²) < 4.78 is 4.40. The third kappa shape index (κ3) is 0.980. The summed E-state index contributed by atoms with van der Waals surface area (Å²) in [5.74, 6) is -3.25. The highest BCUT2D eigenvalue weighted by atomic mass is 16.8. The second-order valence-corrected chi connectivity index (χ2v) is 3.07. The van der Waals surface area contributed by atoms with Crippen LogP contribution in [0.5, 0.6) is 0 Å². The average molecular weight is 216 g/mol. The van der Waals surface area contributed by atoms with Gasteiger partial charge in [-0.05, 0) is 0 Å². The topological polar surface area (TPSA) is 139 Å². The number of nitro groups is 2. The predicted molar refractivity (Wildman–Crippen MR) is 41.5 cm³/mol. The molecule has 2 aliphatic rings. The lowest BCUT2D eigenvalue weighted by atomic mass is 10.0. The van der Waals surface area contributed by atoms with Gasteiger partial charge in [0.25, 0.3) is 0 Å². The molecule has 2 unspecified atom stereocenters. The second-order valence-electron chi connectivity index (χ2n) is 3.07. The van der Waals surface area contributed by atoms with Crippen LogP contribution in [-0.4, -0.2) is 31.6 Å². The molecule has 0 amide bonds. The summed E-state index contributed by atoms with van der Waals surface area (Å²) in [7, 11) is 0. The fourth-order valence-electron chi connectivity index (χ4n) is 1.36. The van der Waals surface area contributed by atoms with Crippen LogP contribution in [0.15, 0.2) is 23.6 Å². The molecule has 0 aromatic heterocycles. The van der Waals surface area contributed by atoms with Crippen LogP contribution in [0.3, 0.4) is 0 Å². The Morgan fingerprint density at radius 1 is 1.33 bits per heavy atom. The second kappa shape index (κ2) is 2.32. The number of fused-ring (bicyclic) bond motifs is 1. The SMILES string of the molecule is O=[N+]([O-])C1=CC2(O)OC2([N+](=O)[O-])C=C1O. The normalized spacial score (nSPS) is 37.4. The van der Waals surface area contributed by atoms with Crippen LogP contribution in [0.2, 0.25) is 0 Å².